The summed E-state index contributed by atoms with van der Waals surface area (Å²) in [5.74, 6) is 0.109. The Morgan fingerprint density at radius 3 is 3.00 bits per heavy atom. The molecule has 1 unspecified atom stereocenters. The fourth-order valence-electron chi connectivity index (χ4n) is 3.09. The van der Waals surface area contributed by atoms with Gasteiger partial charge in [-0.05, 0) is 43.7 Å². The van der Waals surface area contributed by atoms with E-state index >= 15 is 0 Å². The molecule has 0 aromatic carbocycles. The molecule has 1 aliphatic rings. The van der Waals surface area contributed by atoms with Crippen molar-refractivity contribution in [1.82, 2.24) is 15.1 Å². The minimum Gasteiger partial charge on any atom is -0.331 e. The van der Waals surface area contributed by atoms with Crippen LogP contribution in [-0.2, 0) is 6.42 Å². The lowest BCUT2D eigenvalue weighted by molar-refractivity contribution is 0.0656. The van der Waals surface area contributed by atoms with Gasteiger partial charge in [-0.2, -0.15) is 5.10 Å². The van der Waals surface area contributed by atoms with Gasteiger partial charge in [0, 0.05) is 17.1 Å². The molecule has 0 bridgehead atoms. The van der Waals surface area contributed by atoms with E-state index in [0.29, 0.717) is 0 Å². The summed E-state index contributed by atoms with van der Waals surface area (Å²) in [7, 11) is 0. The first kappa shape index (κ1) is 13.4. The minimum atomic E-state index is 0.109. The zero-order chi connectivity index (χ0) is 14.3. The summed E-state index contributed by atoms with van der Waals surface area (Å²) in [6, 6.07) is 2.37. The van der Waals surface area contributed by atoms with Gasteiger partial charge < -0.3 is 4.90 Å². The monoisotopic (exact) mass is 289 g/mol. The number of hydrogen-bond donors (Lipinski definition) is 1. The first-order valence-electron chi connectivity index (χ1n) is 7.02. The molecule has 1 N–H and O–H groups in total. The van der Waals surface area contributed by atoms with Crippen molar-refractivity contribution in [3.8, 4) is 0 Å². The fraction of sp³-hybridized carbons (Fsp3) is 0.467. The molecule has 2 aromatic rings. The molecule has 1 amide bonds. The Hall–Kier alpha value is -1.62. The maximum absolute atomic E-state index is 12.9. The van der Waals surface area contributed by atoms with Crippen LogP contribution in [0.3, 0.4) is 0 Å². The van der Waals surface area contributed by atoms with Crippen LogP contribution in [0.4, 0.5) is 0 Å². The maximum Gasteiger partial charge on any atom is 0.258 e. The second-order valence-corrected chi connectivity index (χ2v) is 6.28. The van der Waals surface area contributed by atoms with Gasteiger partial charge in [0.2, 0.25) is 0 Å². The van der Waals surface area contributed by atoms with E-state index in [4.69, 9.17) is 0 Å². The van der Waals surface area contributed by atoms with Crippen molar-refractivity contribution < 1.29 is 4.79 Å². The third-order valence-electron chi connectivity index (χ3n) is 4.08. The lowest BCUT2D eigenvalue weighted by Crippen LogP contribution is -2.39. The lowest BCUT2D eigenvalue weighted by Gasteiger charge is -2.35. The second kappa shape index (κ2) is 5.05. The maximum atomic E-state index is 12.9. The first-order valence-corrected chi connectivity index (χ1v) is 7.90. The van der Waals surface area contributed by atoms with Crippen LogP contribution >= 0.6 is 11.3 Å². The van der Waals surface area contributed by atoms with Crippen LogP contribution < -0.4 is 0 Å². The van der Waals surface area contributed by atoms with Crippen LogP contribution in [0.25, 0.3) is 0 Å². The highest BCUT2D eigenvalue weighted by molar-refractivity contribution is 7.10. The molecule has 2 aromatic heterocycles. The van der Waals surface area contributed by atoms with Crippen LogP contribution in [0.15, 0.2) is 11.4 Å². The van der Waals surface area contributed by atoms with E-state index < -0.39 is 0 Å². The molecule has 0 radical (unpaired) electrons. The molecule has 0 aliphatic carbocycles. The number of nitrogens with zero attached hydrogens (tertiary/aromatic N) is 2. The van der Waals surface area contributed by atoms with Crippen molar-refractivity contribution in [3.63, 3.8) is 0 Å². The van der Waals surface area contributed by atoms with Crippen LogP contribution in [0, 0.1) is 13.8 Å². The largest absolute Gasteiger partial charge is 0.331 e. The number of carbonyl (C=O) groups excluding carboxylic acids is 1. The summed E-state index contributed by atoms with van der Waals surface area (Å²) in [4.78, 5) is 16.3. The van der Waals surface area contributed by atoms with Crippen molar-refractivity contribution in [2.24, 2.45) is 0 Å². The van der Waals surface area contributed by atoms with Gasteiger partial charge in [-0.3, -0.25) is 9.89 Å². The van der Waals surface area contributed by atoms with Crippen LogP contribution in [-0.4, -0.2) is 27.5 Å². The summed E-state index contributed by atoms with van der Waals surface area (Å²) in [6.07, 6.45) is 1.91. The number of thiophene rings is 1. The van der Waals surface area contributed by atoms with Crippen molar-refractivity contribution in [2.75, 3.05) is 6.54 Å². The number of H-pyrrole nitrogens is 1. The molecule has 20 heavy (non-hydrogen) atoms. The molecular weight excluding hydrogens is 270 g/mol. The van der Waals surface area contributed by atoms with E-state index in [1.54, 1.807) is 11.3 Å². The van der Waals surface area contributed by atoms with Crippen LogP contribution in [0.2, 0.25) is 0 Å². The minimum absolute atomic E-state index is 0.109. The van der Waals surface area contributed by atoms with Gasteiger partial charge in [0.1, 0.15) is 0 Å². The zero-order valence-corrected chi connectivity index (χ0v) is 12.9. The molecular formula is C15H19N3OS. The van der Waals surface area contributed by atoms with Gasteiger partial charge in [0.05, 0.1) is 17.3 Å². The summed E-state index contributed by atoms with van der Waals surface area (Å²) < 4.78 is 0. The van der Waals surface area contributed by atoms with E-state index in [1.165, 1.54) is 10.4 Å². The molecule has 1 aliphatic heterocycles. The highest BCUT2D eigenvalue weighted by Crippen LogP contribution is 2.36. The molecule has 3 rings (SSSR count). The third-order valence-corrected chi connectivity index (χ3v) is 5.08. The van der Waals surface area contributed by atoms with Crippen LogP contribution in [0.5, 0.6) is 0 Å². The zero-order valence-electron chi connectivity index (χ0n) is 12.1. The Kier molecular flexibility index (Phi) is 3.38. The molecule has 0 saturated heterocycles. The standard InChI is InChI=1S/C15H19N3OS/c1-4-12-11-6-8-20-13(11)5-7-18(12)15(19)14-9(2)16-17-10(14)3/h6,8,12H,4-5,7H2,1-3H3,(H,16,17). The molecule has 0 saturated carbocycles. The smallest absolute Gasteiger partial charge is 0.258 e. The predicted octanol–water partition coefficient (Wildman–Crippen LogP) is 3.24. The quantitative estimate of drug-likeness (QED) is 0.922. The molecule has 0 fully saturated rings. The molecule has 106 valence electrons. The van der Waals surface area contributed by atoms with Gasteiger partial charge in [-0.15, -0.1) is 11.3 Å². The highest BCUT2D eigenvalue weighted by Gasteiger charge is 2.32. The highest BCUT2D eigenvalue weighted by atomic mass is 32.1. The Morgan fingerprint density at radius 1 is 1.55 bits per heavy atom. The van der Waals surface area contributed by atoms with E-state index in [9.17, 15) is 4.79 Å². The Bertz CT molecular complexity index is 624. The number of carbonyl (C=O) groups is 1. The first-order chi connectivity index (χ1) is 9.63. The van der Waals surface area contributed by atoms with Crippen molar-refractivity contribution in [1.29, 1.82) is 0 Å². The molecule has 5 heteroatoms. The van der Waals surface area contributed by atoms with Crippen molar-refractivity contribution >= 4 is 17.2 Å². The summed E-state index contributed by atoms with van der Waals surface area (Å²) in [5, 5.41) is 9.19. The summed E-state index contributed by atoms with van der Waals surface area (Å²) >= 11 is 1.81. The number of aryl methyl sites for hydroxylation is 2. The van der Waals surface area contributed by atoms with Gasteiger partial charge in [-0.25, -0.2) is 0 Å². The number of aromatic nitrogens is 2. The molecule has 4 nitrogen and oxygen atoms in total. The van der Waals surface area contributed by atoms with Gasteiger partial charge >= 0.3 is 0 Å². The average Bonchev–Trinajstić information content (AvgIpc) is 3.03. The van der Waals surface area contributed by atoms with E-state index in [-0.39, 0.29) is 11.9 Å². The normalized spacial score (nSPS) is 18.1. The van der Waals surface area contributed by atoms with Gasteiger partial charge in [0.25, 0.3) is 5.91 Å². The van der Waals surface area contributed by atoms with Gasteiger partial charge in [0.15, 0.2) is 0 Å². The lowest BCUT2D eigenvalue weighted by atomic mass is 9.96. The van der Waals surface area contributed by atoms with Crippen molar-refractivity contribution in [2.45, 2.75) is 39.7 Å². The van der Waals surface area contributed by atoms with E-state index in [2.05, 4.69) is 28.6 Å². The van der Waals surface area contributed by atoms with E-state index in [1.807, 2.05) is 18.7 Å². The Morgan fingerprint density at radius 2 is 2.35 bits per heavy atom. The number of amides is 1. The second-order valence-electron chi connectivity index (χ2n) is 5.28. The Labute approximate surface area is 122 Å². The fourth-order valence-corrected chi connectivity index (χ4v) is 4.02. The summed E-state index contributed by atoms with van der Waals surface area (Å²) in [5.41, 5.74) is 3.72. The molecule has 3 heterocycles. The van der Waals surface area contributed by atoms with Crippen LogP contribution in [0.1, 0.15) is 51.6 Å². The average molecular weight is 289 g/mol. The third kappa shape index (κ3) is 1.97. The SMILES string of the molecule is CCC1c2ccsc2CCN1C(=O)c1c(C)n[nH]c1C. The summed E-state index contributed by atoms with van der Waals surface area (Å²) in [6.45, 7) is 6.74. The number of hydrogen-bond acceptors (Lipinski definition) is 3. The Balaban J connectivity index is 1.97. The number of rotatable bonds is 2. The predicted molar refractivity (Wildman–Crippen MR) is 80.2 cm³/mol. The molecule has 1 atom stereocenters. The molecule has 0 spiro atoms. The topological polar surface area (TPSA) is 49.0 Å². The number of nitrogens with one attached hydrogen (secondary N) is 1. The van der Waals surface area contributed by atoms with Gasteiger partial charge in [-0.1, -0.05) is 6.92 Å². The number of aromatic amines is 1. The van der Waals surface area contributed by atoms with E-state index in [0.717, 1.165) is 36.3 Å². The number of fused-ring (bicyclic) bond motifs is 1. The van der Waals surface area contributed by atoms with Crippen molar-refractivity contribution in [3.05, 3.63) is 38.8 Å².